The van der Waals surface area contributed by atoms with E-state index in [1.54, 1.807) is 0 Å². The summed E-state index contributed by atoms with van der Waals surface area (Å²) in [5.74, 6) is -1.67. The molecule has 17 heavy (non-hydrogen) atoms. The van der Waals surface area contributed by atoms with Crippen molar-refractivity contribution in [3.05, 3.63) is 23.2 Å². The van der Waals surface area contributed by atoms with Crippen molar-refractivity contribution in [1.29, 1.82) is 0 Å². The van der Waals surface area contributed by atoms with Gasteiger partial charge in [0.2, 0.25) is 0 Å². The first kappa shape index (κ1) is 13.7. The summed E-state index contributed by atoms with van der Waals surface area (Å²) in [6.07, 6.45) is -4.87. The summed E-state index contributed by atoms with van der Waals surface area (Å²) in [7, 11) is 0. The number of aromatic carboxylic acids is 1. The highest BCUT2D eigenvalue weighted by molar-refractivity contribution is 5.87. The SMILES string of the molecule is Cc1oc([C@H](O)[C@H](O)[C@H](O)CO)cc1C(=O)[O-]. The molecule has 0 aliphatic heterocycles. The monoisotopic (exact) mass is 245 g/mol. The minimum Gasteiger partial charge on any atom is -0.545 e. The van der Waals surface area contributed by atoms with Crippen LogP contribution in [0.3, 0.4) is 0 Å². The number of aliphatic hydroxyl groups is 4. The summed E-state index contributed by atoms with van der Waals surface area (Å²) >= 11 is 0. The molecule has 96 valence electrons. The third-order valence-corrected chi connectivity index (χ3v) is 2.35. The second-order valence-electron chi connectivity index (χ2n) is 3.59. The molecule has 0 saturated carbocycles. The van der Waals surface area contributed by atoms with Crippen molar-refractivity contribution in [2.75, 3.05) is 6.61 Å². The molecule has 0 spiro atoms. The van der Waals surface area contributed by atoms with Crippen LogP contribution in [0.4, 0.5) is 0 Å². The van der Waals surface area contributed by atoms with Crippen LogP contribution in [-0.2, 0) is 0 Å². The van der Waals surface area contributed by atoms with Crippen molar-refractivity contribution in [2.24, 2.45) is 0 Å². The van der Waals surface area contributed by atoms with Crippen molar-refractivity contribution in [3.63, 3.8) is 0 Å². The maximum Gasteiger partial charge on any atom is 0.140 e. The Labute approximate surface area is 96.5 Å². The lowest BCUT2D eigenvalue weighted by atomic mass is 10.1. The Balaban J connectivity index is 2.93. The molecule has 0 radical (unpaired) electrons. The molecule has 0 aliphatic rings. The first-order valence-corrected chi connectivity index (χ1v) is 4.85. The van der Waals surface area contributed by atoms with E-state index >= 15 is 0 Å². The fraction of sp³-hybridized carbons (Fsp3) is 0.500. The first-order valence-electron chi connectivity index (χ1n) is 4.85. The van der Waals surface area contributed by atoms with E-state index in [0.29, 0.717) is 0 Å². The van der Waals surface area contributed by atoms with Crippen molar-refractivity contribution >= 4 is 5.97 Å². The quantitative estimate of drug-likeness (QED) is 0.458. The van der Waals surface area contributed by atoms with E-state index in [9.17, 15) is 20.1 Å². The fourth-order valence-corrected chi connectivity index (χ4v) is 1.34. The molecule has 1 aromatic heterocycles. The molecule has 3 atom stereocenters. The minimum absolute atomic E-state index is 0.0183. The summed E-state index contributed by atoms with van der Waals surface area (Å²) < 4.78 is 4.93. The van der Waals surface area contributed by atoms with Gasteiger partial charge in [0.25, 0.3) is 0 Å². The highest BCUT2D eigenvalue weighted by atomic mass is 16.4. The number of carboxylic acid groups (broad SMARTS) is 1. The lowest BCUT2D eigenvalue weighted by Crippen LogP contribution is -2.34. The maximum atomic E-state index is 10.6. The van der Waals surface area contributed by atoms with Gasteiger partial charge < -0.3 is 34.7 Å². The molecule has 1 aromatic rings. The van der Waals surface area contributed by atoms with Gasteiger partial charge in [-0.25, -0.2) is 0 Å². The van der Waals surface area contributed by atoms with Gasteiger partial charge in [0.05, 0.1) is 12.6 Å². The van der Waals surface area contributed by atoms with Gasteiger partial charge in [-0.3, -0.25) is 0 Å². The van der Waals surface area contributed by atoms with Crippen molar-refractivity contribution in [1.82, 2.24) is 0 Å². The van der Waals surface area contributed by atoms with Crippen LogP contribution in [0.1, 0.15) is 28.0 Å². The molecule has 7 heteroatoms. The van der Waals surface area contributed by atoms with Crippen molar-refractivity contribution in [2.45, 2.75) is 25.2 Å². The lowest BCUT2D eigenvalue weighted by Gasteiger charge is -2.19. The summed E-state index contributed by atoms with van der Waals surface area (Å²) in [5, 5.41) is 47.3. The maximum absolute atomic E-state index is 10.6. The van der Waals surface area contributed by atoms with Gasteiger partial charge in [-0.15, -0.1) is 0 Å². The van der Waals surface area contributed by atoms with Gasteiger partial charge >= 0.3 is 0 Å². The Morgan fingerprint density at radius 3 is 2.47 bits per heavy atom. The van der Waals surface area contributed by atoms with Crippen molar-refractivity contribution < 1.29 is 34.7 Å². The van der Waals surface area contributed by atoms with E-state index < -0.39 is 30.9 Å². The molecule has 0 saturated heterocycles. The zero-order chi connectivity index (χ0) is 13.2. The number of carbonyl (C=O) groups excluding carboxylic acids is 1. The normalized spacial score (nSPS) is 16.5. The Morgan fingerprint density at radius 1 is 1.47 bits per heavy atom. The molecule has 0 bridgehead atoms. The summed E-state index contributed by atoms with van der Waals surface area (Å²) in [4.78, 5) is 10.6. The van der Waals surface area contributed by atoms with Crippen LogP contribution in [0, 0.1) is 6.92 Å². The number of furan rings is 1. The molecule has 0 fully saturated rings. The molecule has 1 heterocycles. The second-order valence-corrected chi connectivity index (χ2v) is 3.59. The smallest absolute Gasteiger partial charge is 0.140 e. The average molecular weight is 245 g/mol. The summed E-state index contributed by atoms with van der Waals surface area (Å²) in [5.41, 5.74) is -0.246. The number of aliphatic hydroxyl groups excluding tert-OH is 4. The molecule has 0 aliphatic carbocycles. The van der Waals surface area contributed by atoms with Crippen LogP contribution in [0.5, 0.6) is 0 Å². The highest BCUT2D eigenvalue weighted by Crippen LogP contribution is 2.24. The van der Waals surface area contributed by atoms with E-state index in [1.807, 2.05) is 0 Å². The van der Waals surface area contributed by atoms with Gasteiger partial charge in [-0.05, 0) is 13.0 Å². The third-order valence-electron chi connectivity index (χ3n) is 2.35. The van der Waals surface area contributed by atoms with Crippen LogP contribution in [0.15, 0.2) is 10.5 Å². The molecule has 0 aromatic carbocycles. The van der Waals surface area contributed by atoms with Gasteiger partial charge in [-0.2, -0.15) is 0 Å². The predicted octanol–water partition coefficient (Wildman–Crippen LogP) is -2.30. The second kappa shape index (κ2) is 5.28. The molecular formula is C10H13O7-. The van der Waals surface area contributed by atoms with E-state index in [0.717, 1.165) is 6.07 Å². The Hall–Kier alpha value is -1.41. The Kier molecular flexibility index (Phi) is 4.24. The van der Waals surface area contributed by atoms with E-state index in [4.69, 9.17) is 14.6 Å². The number of rotatable bonds is 5. The van der Waals surface area contributed by atoms with Crippen molar-refractivity contribution in [3.8, 4) is 0 Å². The summed E-state index contributed by atoms with van der Waals surface area (Å²) in [6.45, 7) is 0.613. The molecule has 0 amide bonds. The Bertz CT molecular complexity index is 397. The molecule has 0 unspecified atom stereocenters. The number of hydrogen-bond acceptors (Lipinski definition) is 7. The van der Waals surface area contributed by atoms with Crippen LogP contribution in [0.2, 0.25) is 0 Å². The van der Waals surface area contributed by atoms with Gasteiger partial charge in [-0.1, -0.05) is 0 Å². The number of aryl methyl sites for hydroxylation is 1. The molecule has 1 rings (SSSR count). The fourth-order valence-electron chi connectivity index (χ4n) is 1.34. The lowest BCUT2D eigenvalue weighted by molar-refractivity contribution is -0.255. The Morgan fingerprint density at radius 2 is 2.06 bits per heavy atom. The van der Waals surface area contributed by atoms with E-state index in [-0.39, 0.29) is 17.1 Å². The summed E-state index contributed by atoms with van der Waals surface area (Å²) in [6, 6.07) is 1.00. The van der Waals surface area contributed by atoms with E-state index in [1.165, 1.54) is 6.92 Å². The van der Waals surface area contributed by atoms with E-state index in [2.05, 4.69) is 0 Å². The number of carbonyl (C=O) groups is 1. The largest absolute Gasteiger partial charge is 0.545 e. The molecule has 4 N–H and O–H groups in total. The third kappa shape index (κ3) is 2.83. The zero-order valence-electron chi connectivity index (χ0n) is 9.03. The molecule has 7 nitrogen and oxygen atoms in total. The standard InChI is InChI=1S/C10H14O7/c1-4-5(10(15)16)2-7(17-4)9(14)8(13)6(12)3-11/h2,6,8-9,11-14H,3H2,1H3,(H,15,16)/p-1/t6-,8-,9+/m1/s1. The molecular weight excluding hydrogens is 232 g/mol. The van der Waals surface area contributed by atoms with Gasteiger partial charge in [0, 0.05) is 5.56 Å². The van der Waals surface area contributed by atoms with Gasteiger partial charge in [0.1, 0.15) is 29.8 Å². The predicted molar refractivity (Wildman–Crippen MR) is 51.8 cm³/mol. The van der Waals surface area contributed by atoms with Crippen LogP contribution in [0.25, 0.3) is 0 Å². The van der Waals surface area contributed by atoms with Crippen LogP contribution in [-0.4, -0.2) is 45.2 Å². The number of carboxylic acids is 1. The number of hydrogen-bond donors (Lipinski definition) is 4. The zero-order valence-corrected chi connectivity index (χ0v) is 9.03. The average Bonchev–Trinajstić information content (AvgIpc) is 2.68. The van der Waals surface area contributed by atoms with Crippen LogP contribution < -0.4 is 5.11 Å². The topological polar surface area (TPSA) is 134 Å². The van der Waals surface area contributed by atoms with Crippen LogP contribution >= 0.6 is 0 Å². The first-order chi connectivity index (χ1) is 7.88. The highest BCUT2D eigenvalue weighted by Gasteiger charge is 2.28. The van der Waals surface area contributed by atoms with Gasteiger partial charge in [0.15, 0.2) is 0 Å². The minimum atomic E-state index is -1.68.